The third-order valence-electron chi connectivity index (χ3n) is 3.87. The number of nitrogens with zero attached hydrogens (tertiary/aromatic N) is 1. The monoisotopic (exact) mass is 375 g/mol. The number of rotatable bonds is 3. The Labute approximate surface area is 140 Å². The van der Waals surface area contributed by atoms with Gasteiger partial charge in [0.1, 0.15) is 16.6 Å². The van der Waals surface area contributed by atoms with Crippen molar-refractivity contribution in [1.82, 2.24) is 0 Å². The van der Waals surface area contributed by atoms with Gasteiger partial charge in [0.05, 0.1) is 12.2 Å². The molecule has 1 aliphatic rings. The Hall–Kier alpha value is -2.49. The number of anilines is 1. The summed E-state index contributed by atoms with van der Waals surface area (Å²) in [7, 11) is -4.66. The first-order chi connectivity index (χ1) is 11.5. The molecule has 134 valence electrons. The summed E-state index contributed by atoms with van der Waals surface area (Å²) in [5, 5.41) is 9.28. The van der Waals surface area contributed by atoms with Crippen molar-refractivity contribution in [2.45, 2.75) is 23.9 Å². The van der Waals surface area contributed by atoms with Crippen molar-refractivity contribution < 1.29 is 35.9 Å². The maximum absolute atomic E-state index is 13.1. The highest BCUT2D eigenvalue weighted by Crippen LogP contribution is 2.43. The molecule has 1 aromatic heterocycles. The van der Waals surface area contributed by atoms with Crippen molar-refractivity contribution in [3.05, 3.63) is 47.4 Å². The maximum atomic E-state index is 13.1. The van der Waals surface area contributed by atoms with E-state index in [2.05, 4.69) is 4.42 Å². The van der Waals surface area contributed by atoms with Crippen LogP contribution in [0, 0.1) is 6.92 Å². The second-order valence-corrected chi connectivity index (χ2v) is 7.36. The maximum Gasteiger partial charge on any atom is 0.450 e. The number of carboxylic acids is 1. The van der Waals surface area contributed by atoms with Gasteiger partial charge in [0.15, 0.2) is 0 Å². The van der Waals surface area contributed by atoms with E-state index in [9.17, 15) is 31.5 Å². The van der Waals surface area contributed by atoms with Gasteiger partial charge >= 0.3 is 12.1 Å². The molecule has 0 bridgehead atoms. The lowest BCUT2D eigenvalue weighted by atomic mass is 10.0. The van der Waals surface area contributed by atoms with Crippen molar-refractivity contribution in [1.29, 1.82) is 0 Å². The first kappa shape index (κ1) is 17.3. The zero-order valence-electron chi connectivity index (χ0n) is 12.7. The van der Waals surface area contributed by atoms with E-state index >= 15 is 0 Å². The van der Waals surface area contributed by atoms with E-state index in [0.29, 0.717) is 4.31 Å². The summed E-state index contributed by atoms with van der Waals surface area (Å²) in [6.45, 7) is 0.713. The predicted octanol–water partition coefficient (Wildman–Crippen LogP) is 2.98. The van der Waals surface area contributed by atoms with Crippen LogP contribution in [-0.4, -0.2) is 26.0 Å². The van der Waals surface area contributed by atoms with Crippen molar-refractivity contribution in [2.24, 2.45) is 0 Å². The van der Waals surface area contributed by atoms with Crippen LogP contribution in [0.4, 0.5) is 18.9 Å². The number of aliphatic carboxylic acids is 1. The Morgan fingerprint density at radius 3 is 2.56 bits per heavy atom. The zero-order chi connectivity index (χ0) is 18.6. The number of carboxylic acid groups (broad SMARTS) is 1. The van der Waals surface area contributed by atoms with Crippen molar-refractivity contribution in [3.63, 3.8) is 0 Å². The van der Waals surface area contributed by atoms with Crippen LogP contribution in [0.5, 0.6) is 0 Å². The fourth-order valence-electron chi connectivity index (χ4n) is 2.81. The summed E-state index contributed by atoms with van der Waals surface area (Å²) < 4.78 is 70.2. The highest BCUT2D eigenvalue weighted by Gasteiger charge is 2.46. The van der Waals surface area contributed by atoms with Gasteiger partial charge < -0.3 is 9.52 Å². The normalized spacial score (nSPS) is 17.6. The number of sulfonamides is 1. The smallest absolute Gasteiger partial charge is 0.450 e. The minimum Gasteiger partial charge on any atom is -0.481 e. The number of benzene rings is 1. The molecule has 0 amide bonds. The number of carbonyl (C=O) groups is 1. The number of furan rings is 1. The summed E-state index contributed by atoms with van der Waals surface area (Å²) in [5.41, 5.74) is 0.272. The molecule has 25 heavy (non-hydrogen) atoms. The van der Waals surface area contributed by atoms with Crippen LogP contribution < -0.4 is 4.31 Å². The summed E-state index contributed by atoms with van der Waals surface area (Å²) in [5.74, 6) is -4.26. The molecule has 0 saturated heterocycles. The second-order valence-electron chi connectivity index (χ2n) is 5.53. The zero-order valence-corrected chi connectivity index (χ0v) is 13.6. The van der Waals surface area contributed by atoms with Crippen molar-refractivity contribution in [2.75, 3.05) is 10.8 Å². The number of para-hydroxylation sites is 1. The van der Waals surface area contributed by atoms with E-state index in [4.69, 9.17) is 0 Å². The highest BCUT2D eigenvalue weighted by molar-refractivity contribution is 7.93. The standard InChI is InChI=1S/C15H12F3NO5S/c1-8-6-12(13(24-8)15(16,17)18)25(22,23)19-7-10(14(20)21)9-4-2-3-5-11(9)19/h2-6,10H,7H2,1H3,(H,20,21). The largest absolute Gasteiger partial charge is 0.481 e. The first-order valence-corrected chi connectivity index (χ1v) is 8.49. The fraction of sp³-hybridized carbons (Fsp3) is 0.267. The van der Waals surface area contributed by atoms with E-state index in [0.717, 1.165) is 6.07 Å². The lowest BCUT2D eigenvalue weighted by Gasteiger charge is -2.19. The molecule has 1 aliphatic heterocycles. The van der Waals surface area contributed by atoms with Gasteiger partial charge in [0, 0.05) is 6.07 Å². The summed E-state index contributed by atoms with van der Waals surface area (Å²) in [6, 6.07) is 6.60. The third-order valence-corrected chi connectivity index (χ3v) is 5.66. The van der Waals surface area contributed by atoms with Crippen LogP contribution in [0.1, 0.15) is 23.0 Å². The van der Waals surface area contributed by atoms with Gasteiger partial charge in [-0.25, -0.2) is 8.42 Å². The Morgan fingerprint density at radius 1 is 1.32 bits per heavy atom. The highest BCUT2D eigenvalue weighted by atomic mass is 32.2. The fourth-order valence-corrected chi connectivity index (χ4v) is 4.52. The number of alkyl halides is 3. The predicted molar refractivity (Wildman–Crippen MR) is 79.8 cm³/mol. The molecule has 0 fully saturated rings. The summed E-state index contributed by atoms with van der Waals surface area (Å²) in [4.78, 5) is 10.4. The molecule has 3 rings (SSSR count). The van der Waals surface area contributed by atoms with Gasteiger partial charge in [-0.2, -0.15) is 13.2 Å². The number of fused-ring (bicyclic) bond motifs is 1. The molecule has 1 atom stereocenters. The average molecular weight is 375 g/mol. The molecule has 2 aromatic rings. The van der Waals surface area contributed by atoms with Gasteiger partial charge in [0.2, 0.25) is 5.76 Å². The number of hydrogen-bond acceptors (Lipinski definition) is 4. The SMILES string of the molecule is Cc1cc(S(=O)(=O)N2CC(C(=O)O)c3ccccc32)c(C(F)(F)F)o1. The molecule has 2 heterocycles. The molecule has 6 nitrogen and oxygen atoms in total. The van der Waals surface area contributed by atoms with Gasteiger partial charge in [-0.15, -0.1) is 0 Å². The third kappa shape index (κ3) is 2.76. The van der Waals surface area contributed by atoms with Crippen LogP contribution >= 0.6 is 0 Å². The van der Waals surface area contributed by atoms with Crippen LogP contribution in [0.2, 0.25) is 0 Å². The number of hydrogen-bond donors (Lipinski definition) is 1. The van der Waals surface area contributed by atoms with Crippen LogP contribution in [0.25, 0.3) is 0 Å². The molecule has 0 saturated carbocycles. The van der Waals surface area contributed by atoms with Crippen molar-refractivity contribution in [3.8, 4) is 0 Å². The van der Waals surface area contributed by atoms with Crippen molar-refractivity contribution >= 4 is 21.7 Å². The van der Waals surface area contributed by atoms with E-state index in [1.807, 2.05) is 0 Å². The quantitative estimate of drug-likeness (QED) is 0.891. The Bertz CT molecular complexity index is 948. The second kappa shape index (κ2) is 5.51. The minimum atomic E-state index is -5.00. The van der Waals surface area contributed by atoms with E-state index in [1.165, 1.54) is 31.2 Å². The molecule has 1 unspecified atom stereocenters. The molecule has 10 heteroatoms. The summed E-state index contributed by atoms with van der Waals surface area (Å²) >= 11 is 0. The lowest BCUT2D eigenvalue weighted by Crippen LogP contribution is -2.32. The van der Waals surface area contributed by atoms with E-state index in [1.54, 1.807) is 0 Å². The van der Waals surface area contributed by atoms with Gasteiger partial charge in [0.25, 0.3) is 10.0 Å². The minimum absolute atomic E-state index is 0.0434. The molecule has 0 radical (unpaired) electrons. The van der Waals surface area contributed by atoms with Crippen LogP contribution in [0.3, 0.4) is 0 Å². The van der Waals surface area contributed by atoms with Crippen LogP contribution in [0.15, 0.2) is 39.6 Å². The number of aryl methyl sites for hydroxylation is 1. The van der Waals surface area contributed by atoms with E-state index < -0.39 is 45.3 Å². The molecule has 1 aromatic carbocycles. The van der Waals surface area contributed by atoms with Gasteiger partial charge in [-0.3, -0.25) is 9.10 Å². The van der Waals surface area contributed by atoms with Crippen LogP contribution in [-0.2, 0) is 21.0 Å². The topological polar surface area (TPSA) is 87.8 Å². The Morgan fingerprint density at radius 2 is 1.96 bits per heavy atom. The lowest BCUT2D eigenvalue weighted by molar-refractivity contribution is -0.155. The number of halogens is 3. The molecular formula is C15H12F3NO5S. The Balaban J connectivity index is 2.16. The van der Waals surface area contributed by atoms with Gasteiger partial charge in [-0.05, 0) is 18.6 Å². The molecule has 1 N–H and O–H groups in total. The molecular weight excluding hydrogens is 363 g/mol. The Kier molecular flexibility index (Phi) is 3.82. The first-order valence-electron chi connectivity index (χ1n) is 7.05. The average Bonchev–Trinajstić information content (AvgIpc) is 3.08. The molecule has 0 spiro atoms. The van der Waals surface area contributed by atoms with Gasteiger partial charge in [-0.1, -0.05) is 18.2 Å². The molecule has 0 aliphatic carbocycles. The summed E-state index contributed by atoms with van der Waals surface area (Å²) in [6.07, 6.45) is -5.00. The van der Waals surface area contributed by atoms with E-state index in [-0.39, 0.29) is 17.0 Å².